The molecule has 0 fully saturated rings. The highest BCUT2D eigenvalue weighted by Gasteiger charge is 2.09. The molecule has 0 bridgehead atoms. The number of hydrogen-bond donors (Lipinski definition) is 1. The van der Waals surface area contributed by atoms with Crippen LogP contribution in [0.5, 0.6) is 0 Å². The molecular formula is C13H23NS. The lowest BCUT2D eigenvalue weighted by molar-refractivity contribution is 0.367. The zero-order valence-electron chi connectivity index (χ0n) is 10.4. The minimum absolute atomic E-state index is 0.441. The maximum atomic E-state index is 3.53. The van der Waals surface area contributed by atoms with Crippen LogP contribution in [-0.4, -0.2) is 6.54 Å². The Balaban J connectivity index is 2.26. The highest BCUT2D eigenvalue weighted by molar-refractivity contribution is 7.10. The minimum atomic E-state index is 0.441. The maximum absolute atomic E-state index is 3.53. The summed E-state index contributed by atoms with van der Waals surface area (Å²) in [5.74, 6) is 0. The van der Waals surface area contributed by atoms with E-state index >= 15 is 0 Å². The van der Waals surface area contributed by atoms with Crippen LogP contribution in [0.4, 0.5) is 0 Å². The molecule has 0 aromatic carbocycles. The largest absolute Gasteiger partial charge is 0.312 e. The van der Waals surface area contributed by atoms with E-state index in [1.54, 1.807) is 0 Å². The molecular weight excluding hydrogens is 202 g/mol. The summed E-state index contributed by atoms with van der Waals surface area (Å²) in [6.07, 6.45) is 2.39. The smallest absolute Gasteiger partial charge is 0.0302 e. The minimum Gasteiger partial charge on any atom is -0.312 e. The van der Waals surface area contributed by atoms with Crippen LogP contribution in [0.1, 0.15) is 44.6 Å². The van der Waals surface area contributed by atoms with Gasteiger partial charge in [0, 0.05) is 11.4 Å². The van der Waals surface area contributed by atoms with Gasteiger partial charge in [-0.25, -0.2) is 0 Å². The molecule has 0 amide bonds. The maximum Gasteiger partial charge on any atom is 0.0302 e. The van der Waals surface area contributed by atoms with Crippen molar-refractivity contribution in [3.8, 4) is 0 Å². The fourth-order valence-electron chi connectivity index (χ4n) is 1.50. The van der Waals surface area contributed by atoms with Gasteiger partial charge in [0.1, 0.15) is 0 Å². The third-order valence-corrected chi connectivity index (χ3v) is 3.52. The summed E-state index contributed by atoms with van der Waals surface area (Å²) < 4.78 is 0. The van der Waals surface area contributed by atoms with Gasteiger partial charge in [0.2, 0.25) is 0 Å². The lowest BCUT2D eigenvalue weighted by Gasteiger charge is -2.18. The topological polar surface area (TPSA) is 12.0 Å². The van der Waals surface area contributed by atoms with Crippen LogP contribution in [-0.2, 0) is 13.0 Å². The van der Waals surface area contributed by atoms with E-state index < -0.39 is 0 Å². The quantitative estimate of drug-likeness (QED) is 0.751. The van der Waals surface area contributed by atoms with Crippen LogP contribution in [0.25, 0.3) is 0 Å². The van der Waals surface area contributed by atoms with Gasteiger partial charge in [0.05, 0.1) is 0 Å². The Morgan fingerprint density at radius 2 is 2.07 bits per heavy atom. The van der Waals surface area contributed by atoms with Gasteiger partial charge in [0.25, 0.3) is 0 Å². The number of thiophene rings is 1. The predicted octanol–water partition coefficient (Wildman–Crippen LogP) is 3.84. The average Bonchev–Trinajstić information content (AvgIpc) is 2.58. The Kier molecular flexibility index (Phi) is 4.81. The average molecular weight is 225 g/mol. The van der Waals surface area contributed by atoms with E-state index in [0.29, 0.717) is 5.41 Å². The van der Waals surface area contributed by atoms with Gasteiger partial charge in [-0.1, -0.05) is 27.7 Å². The molecule has 86 valence electrons. The summed E-state index contributed by atoms with van der Waals surface area (Å²) >= 11 is 1.87. The fraction of sp³-hybridized carbons (Fsp3) is 0.692. The summed E-state index contributed by atoms with van der Waals surface area (Å²) in [4.78, 5) is 1.51. The molecule has 1 rings (SSSR count). The number of aryl methyl sites for hydroxylation is 1. The molecule has 0 aliphatic rings. The Hall–Kier alpha value is -0.340. The van der Waals surface area contributed by atoms with Crippen molar-refractivity contribution in [2.45, 2.75) is 47.1 Å². The van der Waals surface area contributed by atoms with Crippen molar-refractivity contribution in [1.29, 1.82) is 0 Å². The molecule has 2 heteroatoms. The summed E-state index contributed by atoms with van der Waals surface area (Å²) in [6.45, 7) is 11.2. The Bertz CT molecular complexity index is 283. The Morgan fingerprint density at radius 1 is 1.33 bits per heavy atom. The van der Waals surface area contributed by atoms with Gasteiger partial charge in [-0.3, -0.25) is 0 Å². The van der Waals surface area contributed by atoms with E-state index in [9.17, 15) is 0 Å². The molecule has 1 aromatic rings. The molecule has 15 heavy (non-hydrogen) atoms. The molecule has 0 spiro atoms. The van der Waals surface area contributed by atoms with E-state index in [1.807, 2.05) is 11.3 Å². The van der Waals surface area contributed by atoms with E-state index in [0.717, 1.165) is 19.5 Å². The molecule has 1 heterocycles. The molecule has 0 saturated heterocycles. The SMILES string of the molecule is CCc1ccsc1CNCCC(C)(C)C. The van der Waals surface area contributed by atoms with Crippen LogP contribution in [0, 0.1) is 5.41 Å². The number of hydrogen-bond acceptors (Lipinski definition) is 2. The van der Waals surface area contributed by atoms with E-state index in [4.69, 9.17) is 0 Å². The third kappa shape index (κ3) is 4.80. The van der Waals surface area contributed by atoms with Crippen molar-refractivity contribution >= 4 is 11.3 Å². The van der Waals surface area contributed by atoms with Gasteiger partial charge < -0.3 is 5.32 Å². The first kappa shape index (κ1) is 12.7. The van der Waals surface area contributed by atoms with Gasteiger partial charge >= 0.3 is 0 Å². The van der Waals surface area contributed by atoms with Crippen molar-refractivity contribution < 1.29 is 0 Å². The molecule has 0 radical (unpaired) electrons. The second-order valence-corrected chi connectivity index (χ2v) is 6.21. The zero-order valence-corrected chi connectivity index (χ0v) is 11.2. The third-order valence-electron chi connectivity index (χ3n) is 2.56. The van der Waals surface area contributed by atoms with Crippen LogP contribution < -0.4 is 5.32 Å². The van der Waals surface area contributed by atoms with E-state index in [-0.39, 0.29) is 0 Å². The molecule has 1 aromatic heterocycles. The molecule has 0 unspecified atom stereocenters. The Labute approximate surface area is 97.9 Å². The Morgan fingerprint density at radius 3 is 2.67 bits per heavy atom. The van der Waals surface area contributed by atoms with Gasteiger partial charge in [-0.05, 0) is 41.8 Å². The lowest BCUT2D eigenvalue weighted by Crippen LogP contribution is -2.20. The lowest BCUT2D eigenvalue weighted by atomic mass is 9.92. The molecule has 1 nitrogen and oxygen atoms in total. The van der Waals surface area contributed by atoms with E-state index in [1.165, 1.54) is 16.9 Å². The van der Waals surface area contributed by atoms with E-state index in [2.05, 4.69) is 44.5 Å². The van der Waals surface area contributed by atoms with Crippen LogP contribution in [0.15, 0.2) is 11.4 Å². The molecule has 0 aliphatic carbocycles. The first-order valence-corrected chi connectivity index (χ1v) is 6.67. The monoisotopic (exact) mass is 225 g/mol. The summed E-state index contributed by atoms with van der Waals surface area (Å²) in [5.41, 5.74) is 1.94. The molecule has 1 N–H and O–H groups in total. The van der Waals surface area contributed by atoms with Crippen molar-refractivity contribution in [3.63, 3.8) is 0 Å². The molecule has 0 atom stereocenters. The molecule has 0 saturated carbocycles. The zero-order chi connectivity index (χ0) is 11.3. The van der Waals surface area contributed by atoms with Crippen LogP contribution >= 0.6 is 11.3 Å². The summed E-state index contributed by atoms with van der Waals surface area (Å²) in [6, 6.07) is 2.24. The van der Waals surface area contributed by atoms with Crippen molar-refractivity contribution in [1.82, 2.24) is 5.32 Å². The predicted molar refractivity (Wildman–Crippen MR) is 69.5 cm³/mol. The van der Waals surface area contributed by atoms with Gasteiger partial charge in [-0.2, -0.15) is 0 Å². The van der Waals surface area contributed by atoms with Crippen molar-refractivity contribution in [3.05, 3.63) is 21.9 Å². The van der Waals surface area contributed by atoms with Gasteiger partial charge in [-0.15, -0.1) is 11.3 Å². The first-order chi connectivity index (χ1) is 7.03. The summed E-state index contributed by atoms with van der Waals surface area (Å²) in [7, 11) is 0. The number of nitrogens with one attached hydrogen (secondary N) is 1. The number of rotatable bonds is 5. The highest BCUT2D eigenvalue weighted by Crippen LogP contribution is 2.19. The van der Waals surface area contributed by atoms with Crippen LogP contribution in [0.3, 0.4) is 0 Å². The van der Waals surface area contributed by atoms with Crippen molar-refractivity contribution in [2.24, 2.45) is 5.41 Å². The second-order valence-electron chi connectivity index (χ2n) is 5.21. The normalized spacial score (nSPS) is 12.0. The van der Waals surface area contributed by atoms with Crippen molar-refractivity contribution in [2.75, 3.05) is 6.54 Å². The fourth-order valence-corrected chi connectivity index (χ4v) is 2.45. The molecule has 0 aliphatic heterocycles. The second kappa shape index (κ2) is 5.66. The van der Waals surface area contributed by atoms with Crippen LogP contribution in [0.2, 0.25) is 0 Å². The summed E-state index contributed by atoms with van der Waals surface area (Å²) in [5, 5.41) is 5.72. The van der Waals surface area contributed by atoms with Gasteiger partial charge in [0.15, 0.2) is 0 Å². The standard InChI is InChI=1S/C13H23NS/c1-5-11-6-9-15-12(11)10-14-8-7-13(2,3)4/h6,9,14H,5,7-8,10H2,1-4H3. The highest BCUT2D eigenvalue weighted by atomic mass is 32.1. The first-order valence-electron chi connectivity index (χ1n) is 5.79.